The van der Waals surface area contributed by atoms with Crippen LogP contribution >= 0.6 is 11.8 Å². The van der Waals surface area contributed by atoms with Gasteiger partial charge in [0.25, 0.3) is 0 Å². The molecule has 0 bridgehead atoms. The predicted octanol–water partition coefficient (Wildman–Crippen LogP) is 2.77. The van der Waals surface area contributed by atoms with E-state index >= 15 is 0 Å². The minimum Gasteiger partial charge on any atom is -0.378 e. The topological polar surface area (TPSA) is 92.6 Å². The van der Waals surface area contributed by atoms with Crippen molar-refractivity contribution in [3.8, 4) is 0 Å². The number of thioether (sulfide) groups is 1. The summed E-state index contributed by atoms with van der Waals surface area (Å²) in [5, 5.41) is 14.8. The van der Waals surface area contributed by atoms with Gasteiger partial charge in [-0.15, -0.1) is 0 Å². The molecular formula is C17H25N3O4S2. The third-order valence-electron chi connectivity index (χ3n) is 5.41. The van der Waals surface area contributed by atoms with Gasteiger partial charge in [-0.05, 0) is 25.0 Å². The molecule has 2 aliphatic rings. The lowest BCUT2D eigenvalue weighted by molar-refractivity contribution is -0.386. The molecule has 1 heterocycles. The van der Waals surface area contributed by atoms with Gasteiger partial charge in [0.2, 0.25) is 0 Å². The minimum atomic E-state index is -3.67. The average Bonchev–Trinajstić information content (AvgIpc) is 3.09. The molecular weight excluding hydrogens is 374 g/mol. The van der Waals surface area contributed by atoms with E-state index in [1.807, 2.05) is 11.8 Å². The van der Waals surface area contributed by atoms with E-state index in [-0.39, 0.29) is 21.8 Å². The lowest BCUT2D eigenvalue weighted by atomic mass is 9.94. The standard InChI is InChI=1S/C17H25N3O4S2/c1-26(23,24)15-6-4-5-14(16(15)20(21)22)18-13-17(7-2-3-8-17)19-9-11-25-12-10-19/h4-6,18H,2-3,7-13H2,1H3. The van der Waals surface area contributed by atoms with Crippen LogP contribution in [0, 0.1) is 10.1 Å². The molecule has 1 aliphatic carbocycles. The van der Waals surface area contributed by atoms with Crippen molar-refractivity contribution in [1.29, 1.82) is 0 Å². The number of nitro benzene ring substituents is 1. The van der Waals surface area contributed by atoms with Gasteiger partial charge in [0, 0.05) is 42.9 Å². The third-order valence-corrected chi connectivity index (χ3v) is 7.48. The van der Waals surface area contributed by atoms with Crippen molar-refractivity contribution >= 4 is 33.0 Å². The first-order valence-electron chi connectivity index (χ1n) is 8.88. The van der Waals surface area contributed by atoms with Gasteiger partial charge in [-0.2, -0.15) is 11.8 Å². The zero-order valence-corrected chi connectivity index (χ0v) is 16.6. The maximum Gasteiger partial charge on any atom is 0.310 e. The fourth-order valence-electron chi connectivity index (χ4n) is 4.09. The fourth-order valence-corrected chi connectivity index (χ4v) is 5.85. The molecule has 0 radical (unpaired) electrons. The Labute approximate surface area is 158 Å². The van der Waals surface area contributed by atoms with Crippen LogP contribution in [0.25, 0.3) is 0 Å². The summed E-state index contributed by atoms with van der Waals surface area (Å²) in [4.78, 5) is 13.2. The number of hydrogen-bond acceptors (Lipinski definition) is 7. The Morgan fingerprint density at radius 2 is 1.92 bits per heavy atom. The van der Waals surface area contributed by atoms with Crippen molar-refractivity contribution in [2.75, 3.05) is 42.7 Å². The van der Waals surface area contributed by atoms with E-state index in [1.165, 1.54) is 6.07 Å². The number of benzene rings is 1. The summed E-state index contributed by atoms with van der Waals surface area (Å²) in [6, 6.07) is 4.46. The number of hydrogen-bond donors (Lipinski definition) is 1. The van der Waals surface area contributed by atoms with E-state index in [1.54, 1.807) is 12.1 Å². The second-order valence-corrected chi connectivity index (χ2v) is 10.3. The summed E-state index contributed by atoms with van der Waals surface area (Å²) < 4.78 is 23.9. The Morgan fingerprint density at radius 3 is 2.50 bits per heavy atom. The maximum absolute atomic E-state index is 11.9. The van der Waals surface area contributed by atoms with Gasteiger partial charge in [-0.1, -0.05) is 18.9 Å². The molecule has 1 aromatic rings. The van der Waals surface area contributed by atoms with Crippen molar-refractivity contribution < 1.29 is 13.3 Å². The summed E-state index contributed by atoms with van der Waals surface area (Å²) in [6.07, 6.45) is 5.48. The number of anilines is 1. The van der Waals surface area contributed by atoms with Crippen LogP contribution in [0.3, 0.4) is 0 Å². The molecule has 2 fully saturated rings. The van der Waals surface area contributed by atoms with Crippen molar-refractivity contribution in [1.82, 2.24) is 4.90 Å². The normalized spacial score (nSPS) is 20.8. The molecule has 9 heteroatoms. The SMILES string of the molecule is CS(=O)(=O)c1cccc(NCC2(N3CCSCC3)CCCC2)c1[N+](=O)[O-]. The molecule has 0 amide bonds. The van der Waals surface area contributed by atoms with Crippen LogP contribution in [-0.2, 0) is 9.84 Å². The zero-order valence-electron chi connectivity index (χ0n) is 14.9. The molecule has 7 nitrogen and oxygen atoms in total. The third kappa shape index (κ3) is 3.99. The lowest BCUT2D eigenvalue weighted by Crippen LogP contribution is -2.54. The Hall–Kier alpha value is -1.32. The molecule has 1 saturated heterocycles. The van der Waals surface area contributed by atoms with Crippen LogP contribution in [-0.4, -0.2) is 61.2 Å². The van der Waals surface area contributed by atoms with Crippen molar-refractivity contribution in [2.45, 2.75) is 36.1 Å². The summed E-state index contributed by atoms with van der Waals surface area (Å²) in [6.45, 7) is 2.68. The lowest BCUT2D eigenvalue weighted by Gasteiger charge is -2.43. The van der Waals surface area contributed by atoms with Gasteiger partial charge in [0.15, 0.2) is 9.84 Å². The molecule has 144 valence electrons. The molecule has 0 spiro atoms. The highest BCUT2D eigenvalue weighted by molar-refractivity contribution is 7.99. The number of nitrogens with zero attached hydrogens (tertiary/aromatic N) is 2. The second kappa shape index (κ2) is 7.74. The van der Waals surface area contributed by atoms with E-state index in [0.29, 0.717) is 6.54 Å². The molecule has 0 unspecified atom stereocenters. The van der Waals surface area contributed by atoms with Crippen LogP contribution < -0.4 is 5.32 Å². The summed E-state index contributed by atoms with van der Waals surface area (Å²) in [5.41, 5.74) is -0.0522. The van der Waals surface area contributed by atoms with Crippen molar-refractivity contribution in [3.05, 3.63) is 28.3 Å². The predicted molar refractivity (Wildman–Crippen MR) is 105 cm³/mol. The zero-order chi connectivity index (χ0) is 18.8. The van der Waals surface area contributed by atoms with Gasteiger partial charge < -0.3 is 5.32 Å². The van der Waals surface area contributed by atoms with Crippen molar-refractivity contribution in [2.24, 2.45) is 0 Å². The van der Waals surface area contributed by atoms with Gasteiger partial charge in [0.1, 0.15) is 10.6 Å². The Morgan fingerprint density at radius 1 is 1.27 bits per heavy atom. The van der Waals surface area contributed by atoms with E-state index in [9.17, 15) is 18.5 Å². The molecule has 0 atom stereocenters. The summed E-state index contributed by atoms with van der Waals surface area (Å²) in [7, 11) is -3.67. The van der Waals surface area contributed by atoms with Gasteiger partial charge >= 0.3 is 5.69 Å². The van der Waals surface area contributed by atoms with E-state index in [0.717, 1.165) is 56.5 Å². The first-order valence-corrected chi connectivity index (χ1v) is 11.9. The highest BCUT2D eigenvalue weighted by atomic mass is 32.2. The molecule has 26 heavy (non-hydrogen) atoms. The van der Waals surface area contributed by atoms with Gasteiger partial charge in [-0.3, -0.25) is 15.0 Å². The Kier molecular flexibility index (Phi) is 5.78. The Bertz CT molecular complexity index is 770. The van der Waals surface area contributed by atoms with Crippen LogP contribution in [0.5, 0.6) is 0 Å². The number of para-hydroxylation sites is 1. The first-order chi connectivity index (χ1) is 12.3. The highest BCUT2D eigenvalue weighted by Gasteiger charge is 2.40. The fraction of sp³-hybridized carbons (Fsp3) is 0.647. The Balaban J connectivity index is 1.87. The molecule has 3 rings (SSSR count). The first kappa shape index (κ1) is 19.4. The molecule has 0 aromatic heterocycles. The minimum absolute atomic E-state index is 0.00986. The maximum atomic E-state index is 11.9. The van der Waals surface area contributed by atoms with E-state index in [4.69, 9.17) is 0 Å². The molecule has 1 saturated carbocycles. The smallest absolute Gasteiger partial charge is 0.310 e. The van der Waals surface area contributed by atoms with Crippen LogP contribution in [0.2, 0.25) is 0 Å². The van der Waals surface area contributed by atoms with E-state index < -0.39 is 14.8 Å². The van der Waals surface area contributed by atoms with Crippen LogP contribution in [0.4, 0.5) is 11.4 Å². The number of rotatable bonds is 6. The molecule has 1 N–H and O–H groups in total. The molecule has 1 aliphatic heterocycles. The highest BCUT2D eigenvalue weighted by Crippen LogP contribution is 2.38. The quantitative estimate of drug-likeness (QED) is 0.581. The number of nitro groups is 1. The van der Waals surface area contributed by atoms with Crippen LogP contribution in [0.15, 0.2) is 23.1 Å². The van der Waals surface area contributed by atoms with Crippen molar-refractivity contribution in [3.63, 3.8) is 0 Å². The monoisotopic (exact) mass is 399 g/mol. The van der Waals surface area contributed by atoms with Gasteiger partial charge in [-0.25, -0.2) is 8.42 Å². The second-order valence-electron chi connectivity index (χ2n) is 7.07. The summed E-state index contributed by atoms with van der Waals surface area (Å²) >= 11 is 1.96. The largest absolute Gasteiger partial charge is 0.378 e. The van der Waals surface area contributed by atoms with Crippen LogP contribution in [0.1, 0.15) is 25.7 Å². The molecule has 1 aromatic carbocycles. The number of sulfone groups is 1. The number of nitrogens with one attached hydrogen (secondary N) is 1. The summed E-state index contributed by atoms with van der Waals surface area (Å²) in [5.74, 6) is 2.23. The van der Waals surface area contributed by atoms with Gasteiger partial charge in [0.05, 0.1) is 4.92 Å². The van der Waals surface area contributed by atoms with E-state index in [2.05, 4.69) is 10.2 Å². The average molecular weight is 400 g/mol.